The number of hydrogen-bond donors (Lipinski definition) is 3. The molecule has 4 N–H and O–H groups in total. The summed E-state index contributed by atoms with van der Waals surface area (Å²) in [5.41, 5.74) is 5.11. The standard InChI is InChI=1S/C6H6O2.C2H8BN/c7-5-1-2-6(8)4-3-5;1-3(2)4/h1-4,7-8H;4H2,1-2H3. The van der Waals surface area contributed by atoms with Crippen LogP contribution in [-0.4, -0.2) is 17.1 Å². The van der Waals surface area contributed by atoms with Crippen molar-refractivity contribution in [2.24, 2.45) is 5.64 Å². The van der Waals surface area contributed by atoms with Gasteiger partial charge in [0.2, 0.25) is 6.85 Å². The molecule has 12 heavy (non-hydrogen) atoms. The zero-order valence-corrected chi connectivity index (χ0v) is 7.36. The van der Waals surface area contributed by atoms with Gasteiger partial charge in [0.05, 0.1) is 0 Å². The monoisotopic (exact) mass is 167 g/mol. The number of phenols is 2. The van der Waals surface area contributed by atoms with Crippen molar-refractivity contribution in [1.82, 2.24) is 0 Å². The van der Waals surface area contributed by atoms with E-state index in [1.54, 1.807) is 0 Å². The second-order valence-corrected chi connectivity index (χ2v) is 2.76. The zero-order chi connectivity index (χ0) is 9.56. The first-order valence-electron chi connectivity index (χ1n) is 3.76. The molecule has 0 heterocycles. The first-order chi connectivity index (χ1) is 5.52. The van der Waals surface area contributed by atoms with Crippen LogP contribution >= 0.6 is 0 Å². The predicted molar refractivity (Wildman–Crippen MR) is 51.4 cm³/mol. The van der Waals surface area contributed by atoms with E-state index in [1.165, 1.54) is 24.3 Å². The molecule has 1 rings (SSSR count). The van der Waals surface area contributed by atoms with Crippen LogP contribution in [0.5, 0.6) is 11.5 Å². The van der Waals surface area contributed by atoms with Gasteiger partial charge in [-0.05, 0) is 24.3 Å². The van der Waals surface area contributed by atoms with Crippen molar-refractivity contribution in [2.75, 3.05) is 0 Å². The minimum Gasteiger partial charge on any atom is -0.508 e. The van der Waals surface area contributed by atoms with Crippen molar-refractivity contribution in [1.29, 1.82) is 0 Å². The van der Waals surface area contributed by atoms with Crippen molar-refractivity contribution < 1.29 is 10.2 Å². The molecule has 0 fully saturated rings. The topological polar surface area (TPSA) is 66.5 Å². The fourth-order valence-electron chi connectivity index (χ4n) is 0.453. The van der Waals surface area contributed by atoms with Crippen molar-refractivity contribution in [3.63, 3.8) is 0 Å². The lowest BCUT2D eigenvalue weighted by molar-refractivity contribution is 0.460. The molecule has 0 amide bonds. The third-order valence-electron chi connectivity index (χ3n) is 0.850. The van der Waals surface area contributed by atoms with Crippen LogP contribution in [0.4, 0.5) is 0 Å². The summed E-state index contributed by atoms with van der Waals surface area (Å²) in [6, 6.07) is 5.70. The number of nitrogens with two attached hydrogens (primary N) is 1. The van der Waals surface area contributed by atoms with Crippen LogP contribution in [0.25, 0.3) is 0 Å². The molecule has 0 bridgehead atoms. The fraction of sp³-hybridized carbons (Fsp3) is 0.250. The normalized spacial score (nSPS) is 8.25. The van der Waals surface area contributed by atoms with E-state index in [0.29, 0.717) is 6.85 Å². The molecular formula is C8H14BNO2. The predicted octanol–water partition coefficient (Wildman–Crippen LogP) is 1.29. The van der Waals surface area contributed by atoms with E-state index in [9.17, 15) is 0 Å². The highest BCUT2D eigenvalue weighted by molar-refractivity contribution is 6.51. The van der Waals surface area contributed by atoms with Gasteiger partial charge in [-0.1, -0.05) is 13.6 Å². The van der Waals surface area contributed by atoms with Gasteiger partial charge in [0, 0.05) is 0 Å². The lowest BCUT2D eigenvalue weighted by atomic mass is 9.71. The molecule has 1 aromatic carbocycles. The maximum Gasteiger partial charge on any atom is 0.211 e. The van der Waals surface area contributed by atoms with Gasteiger partial charge in [-0.25, -0.2) is 0 Å². The summed E-state index contributed by atoms with van der Waals surface area (Å²) in [5.74, 6) is 0.339. The van der Waals surface area contributed by atoms with E-state index < -0.39 is 0 Å². The van der Waals surface area contributed by atoms with Crippen LogP contribution in [0.3, 0.4) is 0 Å². The second-order valence-electron chi connectivity index (χ2n) is 2.76. The number of benzene rings is 1. The summed E-state index contributed by atoms with van der Waals surface area (Å²) < 4.78 is 0. The first-order valence-corrected chi connectivity index (χ1v) is 3.76. The molecule has 0 aromatic heterocycles. The minimum absolute atomic E-state index is 0.169. The quantitative estimate of drug-likeness (QED) is 0.403. The van der Waals surface area contributed by atoms with Crippen molar-refractivity contribution in [2.45, 2.75) is 13.6 Å². The third-order valence-corrected chi connectivity index (χ3v) is 0.850. The minimum atomic E-state index is 0.169. The van der Waals surface area contributed by atoms with Crippen LogP contribution < -0.4 is 5.64 Å². The summed E-state index contributed by atoms with van der Waals surface area (Å²) in [7, 11) is 0. The largest absolute Gasteiger partial charge is 0.508 e. The van der Waals surface area contributed by atoms with Gasteiger partial charge < -0.3 is 15.9 Å². The maximum atomic E-state index is 8.65. The molecule has 3 nitrogen and oxygen atoms in total. The molecule has 0 aliphatic rings. The van der Waals surface area contributed by atoms with E-state index in [1.807, 2.05) is 13.6 Å². The summed E-state index contributed by atoms with van der Waals surface area (Å²) in [6.45, 7) is 4.22. The highest BCUT2D eigenvalue weighted by Gasteiger charge is 1.84. The van der Waals surface area contributed by atoms with Crippen molar-refractivity contribution in [3.8, 4) is 11.5 Å². The Kier molecular flexibility index (Phi) is 4.96. The number of rotatable bonds is 0. The first kappa shape index (κ1) is 10.8. The number of aromatic hydroxyl groups is 2. The van der Waals surface area contributed by atoms with Gasteiger partial charge in [0.1, 0.15) is 11.5 Å². The van der Waals surface area contributed by atoms with Crippen LogP contribution in [0.2, 0.25) is 13.6 Å². The highest BCUT2D eigenvalue weighted by atomic mass is 16.3. The molecule has 0 spiro atoms. The lowest BCUT2D eigenvalue weighted by Crippen LogP contribution is -2.13. The summed E-state index contributed by atoms with van der Waals surface area (Å²) in [5, 5.41) is 17.3. The van der Waals surface area contributed by atoms with Crippen LogP contribution in [0.15, 0.2) is 24.3 Å². The van der Waals surface area contributed by atoms with Gasteiger partial charge in [-0.3, -0.25) is 0 Å². The van der Waals surface area contributed by atoms with Gasteiger partial charge in [-0.15, -0.1) is 0 Å². The molecule has 4 heteroatoms. The van der Waals surface area contributed by atoms with E-state index in [2.05, 4.69) is 0 Å². The fourth-order valence-corrected chi connectivity index (χ4v) is 0.453. The number of phenolic OH excluding ortho intramolecular Hbond substituents is 2. The molecule has 66 valence electrons. The molecule has 0 aliphatic heterocycles. The Labute approximate surface area is 72.9 Å². The van der Waals surface area contributed by atoms with Crippen LogP contribution in [-0.2, 0) is 0 Å². The van der Waals surface area contributed by atoms with Gasteiger partial charge in [-0.2, -0.15) is 0 Å². The lowest BCUT2D eigenvalue weighted by Gasteiger charge is -1.88. The molecule has 0 atom stereocenters. The summed E-state index contributed by atoms with van der Waals surface area (Å²) in [6.07, 6.45) is 0. The molecular weight excluding hydrogens is 153 g/mol. The summed E-state index contributed by atoms with van der Waals surface area (Å²) >= 11 is 0. The molecule has 0 saturated carbocycles. The van der Waals surface area contributed by atoms with Crippen LogP contribution in [0, 0.1) is 0 Å². The smallest absolute Gasteiger partial charge is 0.211 e. The van der Waals surface area contributed by atoms with Gasteiger partial charge >= 0.3 is 0 Å². The Bertz CT molecular complexity index is 187. The SMILES string of the molecule is CB(C)N.Oc1ccc(O)cc1. The second kappa shape index (κ2) is 5.49. The Morgan fingerprint density at radius 2 is 1.17 bits per heavy atom. The average Bonchev–Trinajstić information content (AvgIpc) is 1.94. The van der Waals surface area contributed by atoms with Crippen molar-refractivity contribution >= 4 is 6.85 Å². The van der Waals surface area contributed by atoms with E-state index in [-0.39, 0.29) is 11.5 Å². The Hall–Kier alpha value is -1.16. The highest BCUT2D eigenvalue weighted by Crippen LogP contribution is 2.13. The molecule has 1 aromatic rings. The summed E-state index contributed by atoms with van der Waals surface area (Å²) in [4.78, 5) is 0. The third kappa shape index (κ3) is 6.96. The molecule has 0 unspecified atom stereocenters. The average molecular weight is 167 g/mol. The zero-order valence-electron chi connectivity index (χ0n) is 7.36. The Balaban J connectivity index is 0.000000261. The van der Waals surface area contributed by atoms with E-state index in [4.69, 9.17) is 15.9 Å². The Morgan fingerprint density at radius 1 is 1.00 bits per heavy atom. The van der Waals surface area contributed by atoms with Crippen LogP contribution in [0.1, 0.15) is 0 Å². The number of hydrogen-bond acceptors (Lipinski definition) is 3. The van der Waals surface area contributed by atoms with E-state index in [0.717, 1.165) is 0 Å². The Morgan fingerprint density at radius 3 is 1.33 bits per heavy atom. The van der Waals surface area contributed by atoms with E-state index >= 15 is 0 Å². The van der Waals surface area contributed by atoms with Crippen molar-refractivity contribution in [3.05, 3.63) is 24.3 Å². The van der Waals surface area contributed by atoms with Gasteiger partial charge in [0.15, 0.2) is 0 Å². The molecule has 0 saturated heterocycles. The molecule has 0 aliphatic carbocycles. The molecule has 0 radical (unpaired) electrons. The van der Waals surface area contributed by atoms with Gasteiger partial charge in [0.25, 0.3) is 0 Å². The maximum absolute atomic E-state index is 8.65.